The summed E-state index contributed by atoms with van der Waals surface area (Å²) in [5.74, 6) is -0.510. The molecule has 2 rings (SSSR count). The monoisotopic (exact) mass is 232 g/mol. The quantitative estimate of drug-likeness (QED) is 0.653. The van der Waals surface area contributed by atoms with Crippen LogP contribution in [0.15, 0.2) is 16.2 Å². The molecule has 2 nitrogen and oxygen atoms in total. The van der Waals surface area contributed by atoms with Crippen molar-refractivity contribution in [1.29, 1.82) is 0 Å². The number of halogens is 2. The molecule has 56 valence electrons. The number of hydrogen-bond donors (Lipinski definition) is 0. The summed E-state index contributed by atoms with van der Waals surface area (Å²) in [7, 11) is 0. The smallest absolute Gasteiger partial charge is 0.226 e. The van der Waals surface area contributed by atoms with Crippen molar-refractivity contribution >= 4 is 37.5 Å². The third-order valence-electron chi connectivity index (χ3n) is 1.24. The maximum atomic E-state index is 12.8. The Hall–Kier alpha value is -0.550. The summed E-state index contributed by atoms with van der Waals surface area (Å²) in [6.45, 7) is 0. The Bertz CT molecular complexity index is 400. The predicted molar refractivity (Wildman–Crippen MR) is 45.1 cm³/mol. The molecule has 2 aromatic heterocycles. The van der Waals surface area contributed by atoms with Crippen LogP contribution >= 0.6 is 27.3 Å². The number of pyridine rings is 1. The summed E-state index contributed by atoms with van der Waals surface area (Å²) in [4.78, 5) is 7.39. The fourth-order valence-corrected chi connectivity index (χ4v) is 2.17. The lowest BCUT2D eigenvalue weighted by molar-refractivity contribution is 0.594. The molecule has 5 heteroatoms. The number of nitrogens with zero attached hydrogens (tertiary/aromatic N) is 2. The van der Waals surface area contributed by atoms with Gasteiger partial charge in [-0.3, -0.25) is 0 Å². The van der Waals surface area contributed by atoms with E-state index in [1.165, 1.54) is 17.5 Å². The van der Waals surface area contributed by atoms with Crippen LogP contribution in [0.25, 0.3) is 10.2 Å². The van der Waals surface area contributed by atoms with Gasteiger partial charge < -0.3 is 0 Å². The van der Waals surface area contributed by atoms with E-state index in [0.717, 1.165) is 4.70 Å². The van der Waals surface area contributed by atoms with Crippen molar-refractivity contribution in [3.05, 3.63) is 22.1 Å². The van der Waals surface area contributed by atoms with Crippen LogP contribution in [-0.2, 0) is 0 Å². The second-order valence-electron chi connectivity index (χ2n) is 1.92. The van der Waals surface area contributed by atoms with Crippen molar-refractivity contribution in [1.82, 2.24) is 9.97 Å². The number of rotatable bonds is 0. The molecule has 0 aliphatic carbocycles. The van der Waals surface area contributed by atoms with E-state index in [4.69, 9.17) is 0 Å². The molecule has 0 aliphatic heterocycles. The molecule has 0 radical (unpaired) electrons. The SMILES string of the molecule is Fc1nccc2sc(Br)nc12. The van der Waals surface area contributed by atoms with Crippen molar-refractivity contribution in [3.8, 4) is 0 Å². The summed E-state index contributed by atoms with van der Waals surface area (Å²) in [6, 6.07) is 1.74. The Morgan fingerprint density at radius 1 is 1.55 bits per heavy atom. The summed E-state index contributed by atoms with van der Waals surface area (Å²) in [6.07, 6.45) is 1.43. The zero-order valence-electron chi connectivity index (χ0n) is 5.21. The summed E-state index contributed by atoms with van der Waals surface area (Å²) < 4.78 is 14.3. The van der Waals surface area contributed by atoms with Crippen molar-refractivity contribution < 1.29 is 4.39 Å². The third kappa shape index (κ3) is 1.14. The summed E-state index contributed by atoms with van der Waals surface area (Å²) in [5.41, 5.74) is 0.337. The van der Waals surface area contributed by atoms with Gasteiger partial charge in [0.05, 0.1) is 4.70 Å². The fraction of sp³-hybridized carbons (Fsp3) is 0. The van der Waals surface area contributed by atoms with Crippen molar-refractivity contribution in [3.63, 3.8) is 0 Å². The first-order valence-corrected chi connectivity index (χ1v) is 4.45. The molecule has 0 aromatic carbocycles. The van der Waals surface area contributed by atoms with Gasteiger partial charge in [0, 0.05) is 6.20 Å². The Morgan fingerprint density at radius 2 is 2.36 bits per heavy atom. The van der Waals surface area contributed by atoms with E-state index in [1.54, 1.807) is 6.07 Å². The predicted octanol–water partition coefficient (Wildman–Crippen LogP) is 2.59. The van der Waals surface area contributed by atoms with Gasteiger partial charge in [-0.2, -0.15) is 4.39 Å². The third-order valence-corrected chi connectivity index (χ3v) is 2.71. The minimum Gasteiger partial charge on any atom is -0.226 e. The van der Waals surface area contributed by atoms with Crippen LogP contribution in [0.5, 0.6) is 0 Å². The number of fused-ring (bicyclic) bond motifs is 1. The molecule has 0 spiro atoms. The Balaban J connectivity index is 2.90. The standard InChI is InChI=1S/C6H2BrFN2S/c7-6-10-4-3(11-6)1-2-9-5(4)8/h1-2H. The van der Waals surface area contributed by atoms with Gasteiger partial charge in [-0.25, -0.2) is 9.97 Å². The first-order valence-electron chi connectivity index (χ1n) is 2.84. The van der Waals surface area contributed by atoms with E-state index < -0.39 is 5.95 Å². The molecule has 0 unspecified atom stereocenters. The number of thiazole rings is 1. The van der Waals surface area contributed by atoms with Crippen molar-refractivity contribution in [2.24, 2.45) is 0 Å². The molecule has 0 saturated carbocycles. The molecule has 2 aromatic rings. The summed E-state index contributed by atoms with van der Waals surface area (Å²) >= 11 is 4.56. The summed E-state index contributed by atoms with van der Waals surface area (Å²) in [5, 5.41) is 0. The van der Waals surface area contributed by atoms with Gasteiger partial charge in [-0.1, -0.05) is 0 Å². The van der Waals surface area contributed by atoms with E-state index in [9.17, 15) is 4.39 Å². The molecule has 2 heterocycles. The Labute approximate surface area is 74.2 Å². The van der Waals surface area contributed by atoms with Gasteiger partial charge in [0.1, 0.15) is 5.52 Å². The van der Waals surface area contributed by atoms with Crippen LogP contribution in [0.4, 0.5) is 4.39 Å². The van der Waals surface area contributed by atoms with Gasteiger partial charge in [0.2, 0.25) is 5.95 Å². The minimum atomic E-state index is -0.510. The number of hydrogen-bond acceptors (Lipinski definition) is 3. The molecule has 0 bridgehead atoms. The molecule has 0 amide bonds. The van der Waals surface area contributed by atoms with Gasteiger partial charge >= 0.3 is 0 Å². The Morgan fingerprint density at radius 3 is 3.09 bits per heavy atom. The van der Waals surface area contributed by atoms with Crippen LogP contribution in [0.2, 0.25) is 0 Å². The molecule has 0 fully saturated rings. The first kappa shape index (κ1) is 7.12. The molecule has 0 aliphatic rings. The average Bonchev–Trinajstić information content (AvgIpc) is 2.31. The van der Waals surface area contributed by atoms with E-state index in [1.807, 2.05) is 0 Å². The number of aromatic nitrogens is 2. The molecule has 0 atom stereocenters. The highest BCUT2D eigenvalue weighted by molar-refractivity contribution is 9.11. The lowest BCUT2D eigenvalue weighted by Gasteiger charge is -1.85. The highest BCUT2D eigenvalue weighted by Crippen LogP contribution is 2.26. The molecule has 0 N–H and O–H groups in total. The second kappa shape index (κ2) is 2.49. The van der Waals surface area contributed by atoms with E-state index in [2.05, 4.69) is 25.9 Å². The van der Waals surface area contributed by atoms with E-state index >= 15 is 0 Å². The van der Waals surface area contributed by atoms with Crippen LogP contribution in [0, 0.1) is 5.95 Å². The molecule has 0 saturated heterocycles. The minimum absolute atomic E-state index is 0.337. The van der Waals surface area contributed by atoms with Crippen LogP contribution in [0.1, 0.15) is 0 Å². The van der Waals surface area contributed by atoms with Crippen LogP contribution in [0.3, 0.4) is 0 Å². The highest BCUT2D eigenvalue weighted by atomic mass is 79.9. The van der Waals surface area contributed by atoms with Crippen molar-refractivity contribution in [2.45, 2.75) is 0 Å². The Kier molecular flexibility index (Phi) is 1.61. The van der Waals surface area contributed by atoms with Crippen molar-refractivity contribution in [2.75, 3.05) is 0 Å². The van der Waals surface area contributed by atoms with Gasteiger partial charge in [0.25, 0.3) is 0 Å². The first-order chi connectivity index (χ1) is 5.27. The van der Waals surface area contributed by atoms with Gasteiger partial charge in [0.15, 0.2) is 3.92 Å². The lowest BCUT2D eigenvalue weighted by atomic mass is 10.4. The van der Waals surface area contributed by atoms with Gasteiger partial charge in [-0.05, 0) is 22.0 Å². The zero-order valence-corrected chi connectivity index (χ0v) is 7.62. The van der Waals surface area contributed by atoms with E-state index in [-0.39, 0.29) is 0 Å². The van der Waals surface area contributed by atoms with Gasteiger partial charge in [-0.15, -0.1) is 11.3 Å². The maximum Gasteiger partial charge on any atom is 0.240 e. The van der Waals surface area contributed by atoms with Crippen LogP contribution < -0.4 is 0 Å². The average molecular weight is 233 g/mol. The second-order valence-corrected chi connectivity index (χ2v) is 4.22. The fourth-order valence-electron chi connectivity index (χ4n) is 0.797. The molecule has 11 heavy (non-hydrogen) atoms. The largest absolute Gasteiger partial charge is 0.240 e. The normalized spacial score (nSPS) is 10.7. The maximum absolute atomic E-state index is 12.8. The highest BCUT2D eigenvalue weighted by Gasteiger charge is 2.05. The zero-order chi connectivity index (χ0) is 7.84. The molecular formula is C6H2BrFN2S. The lowest BCUT2D eigenvalue weighted by Crippen LogP contribution is -1.81. The van der Waals surface area contributed by atoms with E-state index in [0.29, 0.717) is 9.43 Å². The topological polar surface area (TPSA) is 25.8 Å². The molecular weight excluding hydrogens is 231 g/mol. The van der Waals surface area contributed by atoms with Crippen LogP contribution in [-0.4, -0.2) is 9.97 Å².